The predicted octanol–water partition coefficient (Wildman–Crippen LogP) is 2.57. The summed E-state index contributed by atoms with van der Waals surface area (Å²) < 4.78 is 0. The molecule has 0 saturated heterocycles. The summed E-state index contributed by atoms with van der Waals surface area (Å²) in [5.74, 6) is 0.398. The first-order valence-electron chi connectivity index (χ1n) is 6.33. The maximum absolute atomic E-state index is 5.84. The fourth-order valence-electron chi connectivity index (χ4n) is 1.67. The van der Waals surface area contributed by atoms with Crippen molar-refractivity contribution < 1.29 is 0 Å². The molecule has 1 heterocycles. The van der Waals surface area contributed by atoms with Crippen molar-refractivity contribution in [1.29, 1.82) is 0 Å². The van der Waals surface area contributed by atoms with Gasteiger partial charge in [0.05, 0.1) is 12.2 Å². The van der Waals surface area contributed by atoms with Crippen molar-refractivity contribution in [3.8, 4) is 0 Å². The highest BCUT2D eigenvalue weighted by Gasteiger charge is 1.96. The molecule has 1 aromatic carbocycles. The van der Waals surface area contributed by atoms with Gasteiger partial charge < -0.3 is 11.1 Å². The molecule has 0 aliphatic heterocycles. The molecule has 4 nitrogen and oxygen atoms in total. The minimum atomic E-state index is 0.398. The lowest BCUT2D eigenvalue weighted by Crippen LogP contribution is -2.22. The van der Waals surface area contributed by atoms with Crippen LogP contribution in [0.15, 0.2) is 53.7 Å². The minimum Gasteiger partial charge on any atom is -0.370 e. The molecule has 0 saturated carbocycles. The third kappa shape index (κ3) is 4.10. The van der Waals surface area contributed by atoms with E-state index in [1.807, 2.05) is 30.3 Å². The summed E-state index contributed by atoms with van der Waals surface area (Å²) in [6.07, 6.45) is 2.78. The molecule has 3 N–H and O–H groups in total. The van der Waals surface area contributed by atoms with Crippen molar-refractivity contribution in [2.24, 2.45) is 10.7 Å². The Morgan fingerprint density at radius 2 is 2.00 bits per heavy atom. The van der Waals surface area contributed by atoms with Gasteiger partial charge >= 0.3 is 0 Å². The van der Waals surface area contributed by atoms with Crippen LogP contribution in [0.2, 0.25) is 0 Å². The number of guanidine groups is 1. The number of aliphatic imine (C=N–C) groups is 1. The van der Waals surface area contributed by atoms with Crippen molar-refractivity contribution in [2.45, 2.75) is 19.9 Å². The Balaban J connectivity index is 1.94. The summed E-state index contributed by atoms with van der Waals surface area (Å²) in [5.41, 5.74) is 8.98. The average molecular weight is 254 g/mol. The number of nitrogens with two attached hydrogens (primary N) is 1. The molecule has 19 heavy (non-hydrogen) atoms. The van der Waals surface area contributed by atoms with Crippen LogP contribution in [-0.2, 0) is 13.0 Å². The van der Waals surface area contributed by atoms with Gasteiger partial charge in [0, 0.05) is 11.9 Å². The second kappa shape index (κ2) is 6.54. The van der Waals surface area contributed by atoms with E-state index in [0.717, 1.165) is 17.8 Å². The second-order valence-corrected chi connectivity index (χ2v) is 4.20. The zero-order valence-corrected chi connectivity index (χ0v) is 11.0. The van der Waals surface area contributed by atoms with E-state index in [4.69, 9.17) is 5.73 Å². The first-order chi connectivity index (χ1) is 9.28. The molecule has 0 spiro atoms. The number of aromatic nitrogens is 1. The SMILES string of the molecule is CCc1ccc(NC(N)=NCc2ccccn2)cc1. The maximum Gasteiger partial charge on any atom is 0.193 e. The molecule has 1 aromatic heterocycles. The molecule has 0 atom stereocenters. The van der Waals surface area contributed by atoms with E-state index in [-0.39, 0.29) is 0 Å². The maximum atomic E-state index is 5.84. The Bertz CT molecular complexity index is 532. The number of anilines is 1. The number of nitrogens with one attached hydrogen (secondary N) is 1. The Hall–Kier alpha value is -2.36. The fourth-order valence-corrected chi connectivity index (χ4v) is 1.67. The molecular weight excluding hydrogens is 236 g/mol. The lowest BCUT2D eigenvalue weighted by Gasteiger charge is -2.06. The Kier molecular flexibility index (Phi) is 4.50. The molecule has 2 aromatic rings. The first-order valence-corrected chi connectivity index (χ1v) is 6.33. The topological polar surface area (TPSA) is 63.3 Å². The van der Waals surface area contributed by atoms with E-state index < -0.39 is 0 Å². The van der Waals surface area contributed by atoms with Gasteiger partial charge in [0.15, 0.2) is 5.96 Å². The zero-order chi connectivity index (χ0) is 13.5. The van der Waals surface area contributed by atoms with Crippen LogP contribution in [0.1, 0.15) is 18.2 Å². The molecule has 0 fully saturated rings. The average Bonchev–Trinajstić information content (AvgIpc) is 2.47. The van der Waals surface area contributed by atoms with Crippen LogP contribution in [0.3, 0.4) is 0 Å². The zero-order valence-electron chi connectivity index (χ0n) is 11.0. The van der Waals surface area contributed by atoms with Gasteiger partial charge in [0.25, 0.3) is 0 Å². The van der Waals surface area contributed by atoms with Gasteiger partial charge in [-0.05, 0) is 36.2 Å². The van der Waals surface area contributed by atoms with Gasteiger partial charge in [-0.1, -0.05) is 25.1 Å². The van der Waals surface area contributed by atoms with E-state index in [1.165, 1.54) is 5.56 Å². The van der Waals surface area contributed by atoms with Crippen molar-refractivity contribution in [2.75, 3.05) is 5.32 Å². The molecular formula is C15H18N4. The van der Waals surface area contributed by atoms with E-state index in [1.54, 1.807) is 6.20 Å². The van der Waals surface area contributed by atoms with Gasteiger partial charge in [-0.15, -0.1) is 0 Å². The number of aryl methyl sites for hydroxylation is 1. The monoisotopic (exact) mass is 254 g/mol. The largest absolute Gasteiger partial charge is 0.370 e. The number of hydrogen-bond acceptors (Lipinski definition) is 2. The summed E-state index contributed by atoms with van der Waals surface area (Å²) >= 11 is 0. The lowest BCUT2D eigenvalue weighted by molar-refractivity contribution is 0.985. The molecule has 0 aliphatic rings. The minimum absolute atomic E-state index is 0.398. The standard InChI is InChI=1S/C15H18N4/c1-2-12-6-8-13(9-7-12)19-15(16)18-11-14-5-3-4-10-17-14/h3-10H,2,11H2,1H3,(H3,16,18,19). The molecule has 4 heteroatoms. The van der Waals surface area contributed by atoms with Crippen LogP contribution in [0.4, 0.5) is 5.69 Å². The van der Waals surface area contributed by atoms with Crippen LogP contribution in [0, 0.1) is 0 Å². The quantitative estimate of drug-likeness (QED) is 0.651. The third-order valence-electron chi connectivity index (χ3n) is 2.77. The van der Waals surface area contributed by atoms with Crippen molar-refractivity contribution >= 4 is 11.6 Å². The van der Waals surface area contributed by atoms with E-state index in [9.17, 15) is 0 Å². The Labute approximate surface area is 113 Å². The number of rotatable bonds is 4. The molecule has 0 radical (unpaired) electrons. The molecule has 98 valence electrons. The number of hydrogen-bond donors (Lipinski definition) is 2. The van der Waals surface area contributed by atoms with Crippen LogP contribution < -0.4 is 11.1 Å². The smallest absolute Gasteiger partial charge is 0.193 e. The van der Waals surface area contributed by atoms with Crippen LogP contribution in [-0.4, -0.2) is 10.9 Å². The molecule has 0 aliphatic carbocycles. The Morgan fingerprint density at radius 3 is 2.63 bits per heavy atom. The first kappa shape index (κ1) is 13.1. The highest BCUT2D eigenvalue weighted by Crippen LogP contribution is 2.09. The van der Waals surface area contributed by atoms with E-state index >= 15 is 0 Å². The van der Waals surface area contributed by atoms with Crippen molar-refractivity contribution in [1.82, 2.24) is 4.98 Å². The van der Waals surface area contributed by atoms with Crippen molar-refractivity contribution in [3.05, 3.63) is 59.9 Å². The molecule has 0 unspecified atom stereocenters. The summed E-state index contributed by atoms with van der Waals surface area (Å²) in [5, 5.41) is 3.06. The lowest BCUT2D eigenvalue weighted by atomic mass is 10.1. The molecule has 0 amide bonds. The second-order valence-electron chi connectivity index (χ2n) is 4.20. The van der Waals surface area contributed by atoms with Gasteiger partial charge in [-0.2, -0.15) is 0 Å². The highest BCUT2D eigenvalue weighted by atomic mass is 15.1. The summed E-state index contributed by atoms with van der Waals surface area (Å²) in [7, 11) is 0. The van der Waals surface area contributed by atoms with Crippen LogP contribution >= 0.6 is 0 Å². The summed E-state index contributed by atoms with van der Waals surface area (Å²) in [6.45, 7) is 2.61. The molecule has 2 rings (SSSR count). The van der Waals surface area contributed by atoms with Gasteiger partial charge in [0.1, 0.15) is 0 Å². The predicted molar refractivity (Wildman–Crippen MR) is 79.0 cm³/mol. The Morgan fingerprint density at radius 1 is 1.21 bits per heavy atom. The van der Waals surface area contributed by atoms with E-state index in [2.05, 4.69) is 34.3 Å². The number of benzene rings is 1. The van der Waals surface area contributed by atoms with Crippen LogP contribution in [0.5, 0.6) is 0 Å². The normalized spacial score (nSPS) is 11.3. The fraction of sp³-hybridized carbons (Fsp3) is 0.200. The molecule has 0 bridgehead atoms. The summed E-state index contributed by atoms with van der Waals surface area (Å²) in [4.78, 5) is 8.44. The number of pyridine rings is 1. The third-order valence-corrected chi connectivity index (χ3v) is 2.77. The van der Waals surface area contributed by atoms with E-state index in [0.29, 0.717) is 12.5 Å². The van der Waals surface area contributed by atoms with Crippen molar-refractivity contribution in [3.63, 3.8) is 0 Å². The highest BCUT2D eigenvalue weighted by molar-refractivity contribution is 5.92. The van der Waals surface area contributed by atoms with Crippen LogP contribution in [0.25, 0.3) is 0 Å². The van der Waals surface area contributed by atoms with Gasteiger partial charge in [0.2, 0.25) is 0 Å². The van der Waals surface area contributed by atoms with Gasteiger partial charge in [-0.25, -0.2) is 4.99 Å². The van der Waals surface area contributed by atoms with Gasteiger partial charge in [-0.3, -0.25) is 4.98 Å². The number of nitrogens with zero attached hydrogens (tertiary/aromatic N) is 2. The summed E-state index contributed by atoms with van der Waals surface area (Å²) in [6, 6.07) is 13.9.